The number of hydrogen-bond donors (Lipinski definition) is 1. The summed E-state index contributed by atoms with van der Waals surface area (Å²) in [5, 5.41) is 9.18. The summed E-state index contributed by atoms with van der Waals surface area (Å²) in [5.41, 5.74) is 2.63. The van der Waals surface area contributed by atoms with E-state index in [9.17, 15) is 5.11 Å². The van der Waals surface area contributed by atoms with Gasteiger partial charge in [0, 0.05) is 0 Å². The molecule has 1 unspecified atom stereocenters. The molecule has 0 spiro atoms. The Labute approximate surface area is 68.4 Å². The number of aliphatic hydroxyl groups excluding tert-OH is 1. The van der Waals surface area contributed by atoms with Gasteiger partial charge in [0.2, 0.25) is 0 Å². The van der Waals surface area contributed by atoms with Crippen LogP contribution in [0.1, 0.15) is 32.6 Å². The first-order chi connectivity index (χ1) is 5.22. The third kappa shape index (κ3) is 2.51. The fraction of sp³-hybridized carbons (Fsp3) is 0.600. The van der Waals surface area contributed by atoms with Gasteiger partial charge < -0.3 is 5.11 Å². The molecule has 0 amide bonds. The standard InChI is InChI=1S/C10H16O/c1-3-8(2)6-9-4-5-10(11)7-9/h7,10-11H,2-6H2,1H3. The third-order valence-electron chi connectivity index (χ3n) is 2.17. The molecule has 1 aliphatic rings. The largest absolute Gasteiger partial charge is 0.389 e. The van der Waals surface area contributed by atoms with Gasteiger partial charge in [-0.3, -0.25) is 0 Å². The van der Waals surface area contributed by atoms with E-state index in [1.165, 1.54) is 11.1 Å². The van der Waals surface area contributed by atoms with Crippen LogP contribution in [-0.4, -0.2) is 11.2 Å². The Kier molecular flexibility index (Phi) is 2.89. The molecule has 1 atom stereocenters. The first-order valence-corrected chi connectivity index (χ1v) is 4.26. The van der Waals surface area contributed by atoms with Crippen molar-refractivity contribution >= 4 is 0 Å². The van der Waals surface area contributed by atoms with Crippen LogP contribution in [-0.2, 0) is 0 Å². The van der Waals surface area contributed by atoms with E-state index in [4.69, 9.17) is 0 Å². The maximum atomic E-state index is 9.18. The number of aliphatic hydroxyl groups is 1. The number of rotatable bonds is 3. The van der Waals surface area contributed by atoms with E-state index in [-0.39, 0.29) is 6.10 Å². The Morgan fingerprint density at radius 2 is 2.55 bits per heavy atom. The van der Waals surface area contributed by atoms with Crippen LogP contribution >= 0.6 is 0 Å². The summed E-state index contributed by atoms with van der Waals surface area (Å²) >= 11 is 0. The zero-order chi connectivity index (χ0) is 8.27. The molecule has 0 saturated heterocycles. The second kappa shape index (κ2) is 3.72. The minimum Gasteiger partial charge on any atom is -0.389 e. The van der Waals surface area contributed by atoms with Crippen molar-refractivity contribution in [3.8, 4) is 0 Å². The van der Waals surface area contributed by atoms with E-state index in [2.05, 4.69) is 13.5 Å². The van der Waals surface area contributed by atoms with Crippen molar-refractivity contribution in [3.63, 3.8) is 0 Å². The van der Waals surface area contributed by atoms with E-state index < -0.39 is 0 Å². The van der Waals surface area contributed by atoms with E-state index in [1.807, 2.05) is 6.08 Å². The van der Waals surface area contributed by atoms with Gasteiger partial charge >= 0.3 is 0 Å². The number of hydrogen-bond acceptors (Lipinski definition) is 1. The van der Waals surface area contributed by atoms with Crippen LogP contribution in [0.15, 0.2) is 23.8 Å². The van der Waals surface area contributed by atoms with Crippen LogP contribution in [0.2, 0.25) is 0 Å². The molecule has 62 valence electrons. The highest BCUT2D eigenvalue weighted by Crippen LogP contribution is 2.24. The van der Waals surface area contributed by atoms with E-state index in [0.29, 0.717) is 0 Å². The lowest BCUT2D eigenvalue weighted by atomic mass is 10.0. The molecular weight excluding hydrogens is 136 g/mol. The van der Waals surface area contributed by atoms with Gasteiger partial charge in [-0.2, -0.15) is 0 Å². The van der Waals surface area contributed by atoms with Crippen LogP contribution in [0.25, 0.3) is 0 Å². The summed E-state index contributed by atoms with van der Waals surface area (Å²) < 4.78 is 0. The fourth-order valence-corrected chi connectivity index (χ4v) is 1.37. The maximum absolute atomic E-state index is 9.18. The quantitative estimate of drug-likeness (QED) is 0.616. The molecule has 0 radical (unpaired) electrons. The fourth-order valence-electron chi connectivity index (χ4n) is 1.37. The predicted octanol–water partition coefficient (Wildman–Crippen LogP) is 2.42. The zero-order valence-corrected chi connectivity index (χ0v) is 7.14. The molecule has 0 bridgehead atoms. The lowest BCUT2D eigenvalue weighted by Gasteiger charge is -2.01. The normalized spacial score (nSPS) is 23.5. The highest BCUT2D eigenvalue weighted by molar-refractivity contribution is 5.18. The van der Waals surface area contributed by atoms with Crippen molar-refractivity contribution in [1.82, 2.24) is 0 Å². The summed E-state index contributed by atoms with van der Waals surface area (Å²) in [4.78, 5) is 0. The summed E-state index contributed by atoms with van der Waals surface area (Å²) in [6.45, 7) is 6.06. The van der Waals surface area contributed by atoms with Crippen LogP contribution in [0.5, 0.6) is 0 Å². The average molecular weight is 152 g/mol. The Morgan fingerprint density at radius 3 is 3.00 bits per heavy atom. The summed E-state index contributed by atoms with van der Waals surface area (Å²) in [6.07, 6.45) is 5.80. The topological polar surface area (TPSA) is 20.2 Å². The van der Waals surface area contributed by atoms with Gasteiger partial charge in [-0.05, 0) is 25.7 Å². The molecule has 11 heavy (non-hydrogen) atoms. The predicted molar refractivity (Wildman–Crippen MR) is 47.4 cm³/mol. The van der Waals surface area contributed by atoms with Crippen molar-refractivity contribution in [2.45, 2.75) is 38.7 Å². The van der Waals surface area contributed by atoms with E-state index in [1.54, 1.807) is 0 Å². The highest BCUT2D eigenvalue weighted by Gasteiger charge is 2.12. The second-order valence-electron chi connectivity index (χ2n) is 3.21. The summed E-state index contributed by atoms with van der Waals surface area (Å²) in [6, 6.07) is 0. The molecule has 0 saturated carbocycles. The molecule has 1 nitrogen and oxygen atoms in total. The van der Waals surface area contributed by atoms with Gasteiger partial charge in [0.15, 0.2) is 0 Å². The average Bonchev–Trinajstić information content (AvgIpc) is 2.35. The van der Waals surface area contributed by atoms with Crippen LogP contribution in [0, 0.1) is 0 Å². The second-order valence-corrected chi connectivity index (χ2v) is 3.21. The van der Waals surface area contributed by atoms with E-state index >= 15 is 0 Å². The number of allylic oxidation sites excluding steroid dienone is 2. The van der Waals surface area contributed by atoms with Crippen molar-refractivity contribution in [3.05, 3.63) is 23.8 Å². The monoisotopic (exact) mass is 152 g/mol. The van der Waals surface area contributed by atoms with Crippen molar-refractivity contribution in [2.75, 3.05) is 0 Å². The molecule has 0 aromatic carbocycles. The SMILES string of the molecule is C=C(CC)CC1=CC(O)CC1. The Hall–Kier alpha value is -0.560. The lowest BCUT2D eigenvalue weighted by molar-refractivity contribution is 0.223. The van der Waals surface area contributed by atoms with E-state index in [0.717, 1.165) is 25.7 Å². The van der Waals surface area contributed by atoms with Gasteiger partial charge in [0.05, 0.1) is 6.10 Å². The van der Waals surface area contributed by atoms with Gasteiger partial charge in [0.25, 0.3) is 0 Å². The highest BCUT2D eigenvalue weighted by atomic mass is 16.3. The molecule has 1 N–H and O–H groups in total. The maximum Gasteiger partial charge on any atom is 0.0726 e. The van der Waals surface area contributed by atoms with Crippen molar-refractivity contribution < 1.29 is 5.11 Å². The molecule has 1 rings (SSSR count). The third-order valence-corrected chi connectivity index (χ3v) is 2.17. The van der Waals surface area contributed by atoms with Crippen molar-refractivity contribution in [1.29, 1.82) is 0 Å². The summed E-state index contributed by atoms with van der Waals surface area (Å²) in [7, 11) is 0. The molecule has 0 aliphatic heterocycles. The van der Waals surface area contributed by atoms with Crippen LogP contribution in [0.4, 0.5) is 0 Å². The minimum absolute atomic E-state index is 0.186. The smallest absolute Gasteiger partial charge is 0.0726 e. The lowest BCUT2D eigenvalue weighted by Crippen LogP contribution is -1.93. The molecular formula is C10H16O. The Bertz CT molecular complexity index is 179. The van der Waals surface area contributed by atoms with Crippen molar-refractivity contribution in [2.24, 2.45) is 0 Å². The first kappa shape index (κ1) is 8.54. The van der Waals surface area contributed by atoms with Gasteiger partial charge in [-0.1, -0.05) is 30.7 Å². The molecule has 0 fully saturated rings. The molecule has 1 heteroatoms. The first-order valence-electron chi connectivity index (χ1n) is 4.26. The van der Waals surface area contributed by atoms with Crippen LogP contribution < -0.4 is 0 Å². The minimum atomic E-state index is -0.186. The van der Waals surface area contributed by atoms with Gasteiger partial charge in [-0.15, -0.1) is 0 Å². The molecule has 1 aliphatic carbocycles. The Balaban J connectivity index is 2.38. The molecule has 0 aromatic rings. The molecule has 0 heterocycles. The van der Waals surface area contributed by atoms with Gasteiger partial charge in [-0.25, -0.2) is 0 Å². The Morgan fingerprint density at radius 1 is 1.82 bits per heavy atom. The van der Waals surface area contributed by atoms with Crippen LogP contribution in [0.3, 0.4) is 0 Å². The van der Waals surface area contributed by atoms with Gasteiger partial charge in [0.1, 0.15) is 0 Å². The molecule has 0 aromatic heterocycles. The zero-order valence-electron chi connectivity index (χ0n) is 7.14. The summed E-state index contributed by atoms with van der Waals surface area (Å²) in [5.74, 6) is 0.